The Labute approximate surface area is 158 Å². The topological polar surface area (TPSA) is 78.4 Å². The summed E-state index contributed by atoms with van der Waals surface area (Å²) in [6.07, 6.45) is 1.95. The minimum Gasteiger partial charge on any atom is -0.310 e. The number of hydrogen-bond acceptors (Lipinski definition) is 6. The van der Waals surface area contributed by atoms with Crippen molar-refractivity contribution in [3.05, 3.63) is 63.1 Å². The Kier molecular flexibility index (Phi) is 3.58. The van der Waals surface area contributed by atoms with Crippen molar-refractivity contribution >= 4 is 28.5 Å². The molecule has 0 spiro atoms. The number of H-pyrrole nitrogens is 1. The summed E-state index contributed by atoms with van der Waals surface area (Å²) in [7, 11) is 0. The average Bonchev–Trinajstić information content (AvgIpc) is 3.00. The van der Waals surface area contributed by atoms with Crippen LogP contribution in [-0.2, 0) is 4.79 Å². The molecule has 3 heterocycles. The number of aromatic nitrogens is 2. The van der Waals surface area contributed by atoms with Crippen molar-refractivity contribution in [3.63, 3.8) is 0 Å². The molecule has 27 heavy (non-hydrogen) atoms. The van der Waals surface area contributed by atoms with Gasteiger partial charge in [0.2, 0.25) is 0 Å². The summed E-state index contributed by atoms with van der Waals surface area (Å²) in [5, 5.41) is 0.636. The van der Waals surface area contributed by atoms with Crippen LogP contribution in [0.1, 0.15) is 36.7 Å². The van der Waals surface area contributed by atoms with Crippen LogP contribution in [0.3, 0.4) is 0 Å². The molecule has 0 amide bonds. The number of hydrogen-bond donors (Lipinski definition) is 1. The first-order chi connectivity index (χ1) is 13.0. The molecule has 0 bridgehead atoms. The van der Waals surface area contributed by atoms with Gasteiger partial charge in [-0.15, -0.1) is 0 Å². The quantitative estimate of drug-likeness (QED) is 0.819. The van der Waals surface area contributed by atoms with Gasteiger partial charge in [0, 0.05) is 12.0 Å². The van der Waals surface area contributed by atoms with Gasteiger partial charge in [-0.3, -0.25) is 14.5 Å². The van der Waals surface area contributed by atoms with E-state index in [1.165, 1.54) is 23.9 Å². The van der Waals surface area contributed by atoms with Gasteiger partial charge in [-0.1, -0.05) is 12.1 Å². The Bertz CT molecular complexity index is 1100. The zero-order valence-corrected chi connectivity index (χ0v) is 15.3. The molecule has 1 aromatic heterocycles. The van der Waals surface area contributed by atoms with Crippen molar-refractivity contribution in [1.82, 2.24) is 9.97 Å². The maximum Gasteiger partial charge on any atom is 0.267 e. The van der Waals surface area contributed by atoms with Crippen LogP contribution in [0.25, 0.3) is 0 Å². The van der Waals surface area contributed by atoms with Crippen LogP contribution in [0.5, 0.6) is 0 Å². The Morgan fingerprint density at radius 3 is 2.78 bits per heavy atom. The van der Waals surface area contributed by atoms with Gasteiger partial charge in [0.15, 0.2) is 16.8 Å². The standard InChI is InChI=1S/C19H15FN4O2S/c1-9-21-17-16(18(26)22-9)27-19-23-12-3-2-4-13(25)14(12)15(24(17)19)10-5-7-11(20)8-6-10/h5-8,15H,2-4H2,1H3,(H,21,22,26). The maximum absolute atomic E-state index is 13.5. The number of benzene rings is 1. The number of rotatable bonds is 1. The van der Waals surface area contributed by atoms with Crippen LogP contribution in [-0.4, -0.2) is 20.9 Å². The zero-order valence-electron chi connectivity index (χ0n) is 14.5. The van der Waals surface area contributed by atoms with Crippen LogP contribution in [0.4, 0.5) is 10.2 Å². The van der Waals surface area contributed by atoms with Gasteiger partial charge < -0.3 is 4.98 Å². The van der Waals surface area contributed by atoms with Crippen LogP contribution < -0.4 is 10.5 Å². The number of carbonyl (C=O) groups excluding carboxylic acids is 1. The minimum absolute atomic E-state index is 0.0494. The van der Waals surface area contributed by atoms with Crippen molar-refractivity contribution in [2.24, 2.45) is 4.99 Å². The number of nitrogens with one attached hydrogen (secondary N) is 1. The average molecular weight is 382 g/mol. The van der Waals surface area contributed by atoms with Crippen LogP contribution >= 0.6 is 11.8 Å². The van der Waals surface area contributed by atoms with Crippen molar-refractivity contribution < 1.29 is 9.18 Å². The monoisotopic (exact) mass is 382 g/mol. The first kappa shape index (κ1) is 16.4. The molecule has 3 aliphatic rings. The minimum atomic E-state index is -0.455. The van der Waals surface area contributed by atoms with Gasteiger partial charge in [0.05, 0.1) is 11.7 Å². The van der Waals surface area contributed by atoms with E-state index in [0.29, 0.717) is 33.7 Å². The van der Waals surface area contributed by atoms with Gasteiger partial charge in [-0.05, 0) is 49.2 Å². The number of anilines is 1. The van der Waals surface area contributed by atoms with E-state index in [-0.39, 0.29) is 17.2 Å². The highest BCUT2D eigenvalue weighted by molar-refractivity contribution is 8.14. The van der Waals surface area contributed by atoms with E-state index in [9.17, 15) is 14.0 Å². The van der Waals surface area contributed by atoms with Gasteiger partial charge in [0.25, 0.3) is 5.56 Å². The van der Waals surface area contributed by atoms with Crippen molar-refractivity contribution in [2.75, 3.05) is 4.90 Å². The third-order valence-electron chi connectivity index (χ3n) is 4.98. The SMILES string of the molecule is Cc1nc2c(c(=O)[nH]1)SC1=NC3=C(C(=O)CCC3)C(c3ccc(F)cc3)N12. The van der Waals surface area contributed by atoms with E-state index in [1.54, 1.807) is 19.1 Å². The third kappa shape index (κ3) is 2.47. The molecule has 2 aromatic rings. The highest BCUT2D eigenvalue weighted by atomic mass is 32.2. The smallest absolute Gasteiger partial charge is 0.267 e. The summed E-state index contributed by atoms with van der Waals surface area (Å²) in [6.45, 7) is 1.72. The predicted molar refractivity (Wildman–Crippen MR) is 100 cm³/mol. The van der Waals surface area contributed by atoms with Crippen LogP contribution in [0.15, 0.2) is 50.2 Å². The number of Topliss-reactive ketones (excluding diaryl/α,β-unsaturated/α-hetero) is 1. The lowest BCUT2D eigenvalue weighted by atomic mass is 9.85. The molecule has 0 saturated heterocycles. The fourth-order valence-electron chi connectivity index (χ4n) is 3.83. The van der Waals surface area contributed by atoms with E-state index in [4.69, 9.17) is 4.99 Å². The Hall–Kier alpha value is -2.74. The maximum atomic E-state index is 13.5. The highest BCUT2D eigenvalue weighted by Gasteiger charge is 2.44. The van der Waals surface area contributed by atoms with E-state index in [2.05, 4.69) is 9.97 Å². The molecule has 1 aliphatic carbocycles. The van der Waals surface area contributed by atoms with Crippen molar-refractivity contribution in [1.29, 1.82) is 0 Å². The fourth-order valence-corrected chi connectivity index (χ4v) is 4.84. The number of amidine groups is 1. The molecular weight excluding hydrogens is 367 g/mol. The summed E-state index contributed by atoms with van der Waals surface area (Å²) >= 11 is 1.26. The lowest BCUT2D eigenvalue weighted by Crippen LogP contribution is -2.38. The fraction of sp³-hybridized carbons (Fsp3) is 0.263. The summed E-state index contributed by atoms with van der Waals surface area (Å²) in [4.78, 5) is 39.4. The lowest BCUT2D eigenvalue weighted by Gasteiger charge is -2.36. The number of allylic oxidation sites excluding steroid dienone is 1. The third-order valence-corrected chi connectivity index (χ3v) is 6.02. The Morgan fingerprint density at radius 1 is 1.22 bits per heavy atom. The van der Waals surface area contributed by atoms with E-state index in [0.717, 1.165) is 24.1 Å². The Morgan fingerprint density at radius 2 is 2.00 bits per heavy atom. The number of aromatic amines is 1. The van der Waals surface area contributed by atoms with E-state index >= 15 is 0 Å². The second kappa shape index (κ2) is 5.88. The van der Waals surface area contributed by atoms with E-state index in [1.807, 2.05) is 4.90 Å². The second-order valence-corrected chi connectivity index (χ2v) is 7.74. The molecule has 5 rings (SSSR count). The van der Waals surface area contributed by atoms with Crippen LogP contribution in [0, 0.1) is 12.7 Å². The normalized spacial score (nSPS) is 21.0. The highest BCUT2D eigenvalue weighted by Crippen LogP contribution is 2.49. The van der Waals surface area contributed by atoms with Crippen molar-refractivity contribution in [2.45, 2.75) is 37.1 Å². The molecule has 0 fully saturated rings. The number of fused-ring (bicyclic) bond motifs is 3. The molecule has 136 valence electrons. The predicted octanol–water partition coefficient (Wildman–Crippen LogP) is 3.25. The summed E-state index contributed by atoms with van der Waals surface area (Å²) in [6, 6.07) is 5.67. The molecule has 1 N–H and O–H groups in total. The van der Waals surface area contributed by atoms with Crippen LogP contribution in [0.2, 0.25) is 0 Å². The number of carbonyl (C=O) groups is 1. The number of thioether (sulfide) groups is 1. The van der Waals surface area contributed by atoms with Gasteiger partial charge in [-0.25, -0.2) is 14.4 Å². The first-order valence-corrected chi connectivity index (χ1v) is 9.53. The molecule has 1 atom stereocenters. The zero-order chi connectivity index (χ0) is 18.7. The van der Waals surface area contributed by atoms with Crippen molar-refractivity contribution in [3.8, 4) is 0 Å². The summed E-state index contributed by atoms with van der Waals surface area (Å²) in [5.41, 5.74) is 1.95. The molecular formula is C19H15FN4O2S. The largest absolute Gasteiger partial charge is 0.310 e. The van der Waals surface area contributed by atoms with Gasteiger partial charge in [-0.2, -0.15) is 0 Å². The molecule has 8 heteroatoms. The molecule has 0 saturated carbocycles. The Balaban J connectivity index is 1.76. The molecule has 2 aliphatic heterocycles. The molecule has 1 aromatic carbocycles. The van der Waals surface area contributed by atoms with Gasteiger partial charge in [0.1, 0.15) is 16.5 Å². The van der Waals surface area contributed by atoms with E-state index < -0.39 is 6.04 Å². The summed E-state index contributed by atoms with van der Waals surface area (Å²) in [5.74, 6) is 0.704. The number of aliphatic imine (C=N–C) groups is 1. The number of aryl methyl sites for hydroxylation is 1. The molecule has 1 unspecified atom stereocenters. The number of nitrogens with zero attached hydrogens (tertiary/aromatic N) is 3. The molecule has 0 radical (unpaired) electrons. The number of ketones is 1. The first-order valence-electron chi connectivity index (χ1n) is 8.71. The molecule has 6 nitrogen and oxygen atoms in total. The second-order valence-electron chi connectivity index (χ2n) is 6.76. The summed E-state index contributed by atoms with van der Waals surface area (Å²) < 4.78 is 13.5. The van der Waals surface area contributed by atoms with Gasteiger partial charge >= 0.3 is 0 Å². The lowest BCUT2D eigenvalue weighted by molar-refractivity contribution is -0.116. The number of halogens is 1.